The molecule has 2 heterocycles. The maximum absolute atomic E-state index is 11.8. The number of hydrogen-bond donors (Lipinski definition) is 1. The molecule has 0 saturated carbocycles. The zero-order chi connectivity index (χ0) is 23.6. The molecule has 0 bridgehead atoms. The molecule has 4 aromatic rings. The zero-order valence-electron chi connectivity index (χ0n) is 18.9. The Kier molecular flexibility index (Phi) is 6.51. The average Bonchev–Trinajstić information content (AvgIpc) is 3.09. The monoisotopic (exact) mass is 507 g/mol. The fourth-order valence-electron chi connectivity index (χ4n) is 3.58. The normalized spacial score (nSPS) is 11.6. The van der Waals surface area contributed by atoms with Crippen molar-refractivity contribution < 1.29 is 14.6 Å². The summed E-state index contributed by atoms with van der Waals surface area (Å²) in [5.41, 5.74) is 3.82. The number of carbonyl (C=O) groups is 1. The summed E-state index contributed by atoms with van der Waals surface area (Å²) < 4.78 is 9.08. The molecule has 2 aromatic carbocycles. The molecule has 170 valence electrons. The van der Waals surface area contributed by atoms with Crippen molar-refractivity contribution in [1.82, 2.24) is 14.5 Å². The lowest BCUT2D eigenvalue weighted by molar-refractivity contribution is -0.146. The third kappa shape index (κ3) is 5.42. The van der Waals surface area contributed by atoms with Crippen LogP contribution >= 0.6 is 15.9 Å². The van der Waals surface area contributed by atoms with Crippen LogP contribution in [0.25, 0.3) is 11.0 Å². The molecule has 6 nitrogen and oxygen atoms in total. The Morgan fingerprint density at radius 1 is 1.15 bits per heavy atom. The highest BCUT2D eigenvalue weighted by atomic mass is 79.9. The minimum Gasteiger partial charge on any atom is -0.487 e. The van der Waals surface area contributed by atoms with E-state index in [1.165, 1.54) is 0 Å². The maximum Gasteiger partial charge on any atom is 0.309 e. The van der Waals surface area contributed by atoms with Crippen molar-refractivity contribution in [2.24, 2.45) is 5.41 Å². The summed E-state index contributed by atoms with van der Waals surface area (Å²) in [7, 11) is 0. The lowest BCUT2D eigenvalue weighted by Gasteiger charge is -2.19. The second-order valence-corrected chi connectivity index (χ2v) is 9.79. The molecule has 0 fully saturated rings. The Morgan fingerprint density at radius 2 is 1.97 bits per heavy atom. The number of aromatic nitrogens is 3. The van der Waals surface area contributed by atoms with Crippen molar-refractivity contribution in [2.45, 2.75) is 40.3 Å². The van der Waals surface area contributed by atoms with Crippen LogP contribution in [-0.2, 0) is 24.4 Å². The van der Waals surface area contributed by atoms with Gasteiger partial charge in [0, 0.05) is 29.7 Å². The summed E-state index contributed by atoms with van der Waals surface area (Å²) in [6.07, 6.45) is 2.14. The Labute approximate surface area is 201 Å². The molecule has 0 radical (unpaired) electrons. The van der Waals surface area contributed by atoms with Gasteiger partial charge >= 0.3 is 5.97 Å². The first-order chi connectivity index (χ1) is 15.7. The highest BCUT2D eigenvalue weighted by molar-refractivity contribution is 9.10. The van der Waals surface area contributed by atoms with Crippen molar-refractivity contribution in [1.29, 1.82) is 0 Å². The van der Waals surface area contributed by atoms with E-state index in [0.29, 0.717) is 25.3 Å². The first-order valence-corrected chi connectivity index (χ1v) is 11.5. The van der Waals surface area contributed by atoms with E-state index < -0.39 is 11.4 Å². The molecule has 0 aliphatic carbocycles. The number of aryl methyl sites for hydroxylation is 1. The number of aliphatic carboxylic acids is 1. The largest absolute Gasteiger partial charge is 0.487 e. The predicted molar refractivity (Wildman–Crippen MR) is 131 cm³/mol. The van der Waals surface area contributed by atoms with Gasteiger partial charge in [-0.3, -0.25) is 9.78 Å². The number of nitrogens with zero attached hydrogens (tertiary/aromatic N) is 3. The first-order valence-electron chi connectivity index (χ1n) is 10.7. The van der Waals surface area contributed by atoms with Gasteiger partial charge in [-0.25, -0.2) is 4.98 Å². The number of carboxylic acids is 1. The molecule has 1 N–H and O–H groups in total. The van der Waals surface area contributed by atoms with Gasteiger partial charge in [0.05, 0.1) is 22.1 Å². The van der Waals surface area contributed by atoms with Gasteiger partial charge in [-0.1, -0.05) is 34.1 Å². The minimum atomic E-state index is -0.938. The Hall–Kier alpha value is -3.19. The van der Waals surface area contributed by atoms with E-state index in [9.17, 15) is 9.90 Å². The summed E-state index contributed by atoms with van der Waals surface area (Å²) in [5, 5.41) is 9.66. The number of halogens is 1. The molecular weight excluding hydrogens is 482 g/mol. The Balaban J connectivity index is 1.70. The van der Waals surface area contributed by atoms with Crippen LogP contribution in [0.4, 0.5) is 0 Å². The van der Waals surface area contributed by atoms with Crippen molar-refractivity contribution >= 4 is 32.9 Å². The van der Waals surface area contributed by atoms with Crippen LogP contribution in [0.5, 0.6) is 5.75 Å². The zero-order valence-corrected chi connectivity index (χ0v) is 20.5. The third-order valence-corrected chi connectivity index (χ3v) is 6.06. The van der Waals surface area contributed by atoms with Gasteiger partial charge in [0.1, 0.15) is 18.2 Å². The third-order valence-electron chi connectivity index (χ3n) is 5.57. The van der Waals surface area contributed by atoms with Gasteiger partial charge in [-0.15, -0.1) is 0 Å². The van der Waals surface area contributed by atoms with Gasteiger partial charge < -0.3 is 14.4 Å². The Bertz CT molecular complexity index is 1300. The first kappa shape index (κ1) is 23.0. The van der Waals surface area contributed by atoms with Crippen LogP contribution in [0.2, 0.25) is 0 Å². The number of rotatable bonds is 8. The molecule has 0 unspecified atom stereocenters. The summed E-state index contributed by atoms with van der Waals surface area (Å²) in [6, 6.07) is 17.8. The summed E-state index contributed by atoms with van der Waals surface area (Å²) in [6.45, 7) is 6.39. The fraction of sp³-hybridized carbons (Fsp3) is 0.269. The van der Waals surface area contributed by atoms with E-state index in [4.69, 9.17) is 9.72 Å². The van der Waals surface area contributed by atoms with E-state index >= 15 is 0 Å². The average molecular weight is 508 g/mol. The molecule has 7 heteroatoms. The molecular formula is C26H26BrN3O3. The van der Waals surface area contributed by atoms with Gasteiger partial charge in [0.2, 0.25) is 0 Å². The Morgan fingerprint density at radius 3 is 2.67 bits per heavy atom. The minimum absolute atomic E-state index is 0.314. The quantitative estimate of drug-likeness (QED) is 0.326. The van der Waals surface area contributed by atoms with Gasteiger partial charge in [0.25, 0.3) is 0 Å². The number of fused-ring (bicyclic) bond motifs is 1. The standard InChI is InChI=1S/C26H26BrN3O3/c1-17-7-8-20(28-14-17)16-33-21-9-10-22-23(12-21)30(15-18-5-4-6-19(27)11-18)24(29-22)13-26(2,3)25(31)32/h4-12,14H,13,15-16H2,1-3H3,(H,31,32). The van der Waals surface area contributed by atoms with Crippen LogP contribution in [0, 0.1) is 12.3 Å². The van der Waals surface area contributed by atoms with Crippen LogP contribution in [0.15, 0.2) is 65.3 Å². The number of carboxylic acid groups (broad SMARTS) is 1. The van der Waals surface area contributed by atoms with E-state index in [1.807, 2.05) is 61.7 Å². The van der Waals surface area contributed by atoms with E-state index in [0.717, 1.165) is 38.2 Å². The molecule has 0 atom stereocenters. The summed E-state index contributed by atoms with van der Waals surface area (Å²) in [4.78, 5) is 21.0. The molecule has 0 spiro atoms. The maximum atomic E-state index is 11.8. The number of benzene rings is 2. The highest BCUT2D eigenvalue weighted by Crippen LogP contribution is 2.28. The van der Waals surface area contributed by atoms with Crippen LogP contribution < -0.4 is 4.74 Å². The van der Waals surface area contributed by atoms with Gasteiger partial charge in [-0.2, -0.15) is 0 Å². The van der Waals surface area contributed by atoms with E-state index in [2.05, 4.69) is 31.5 Å². The molecule has 0 amide bonds. The molecule has 0 aliphatic heterocycles. The molecule has 4 rings (SSSR count). The number of hydrogen-bond acceptors (Lipinski definition) is 4. The van der Waals surface area contributed by atoms with Crippen molar-refractivity contribution in [3.63, 3.8) is 0 Å². The summed E-state index contributed by atoms with van der Waals surface area (Å²) in [5.74, 6) is 0.595. The SMILES string of the molecule is Cc1ccc(COc2ccc3nc(CC(C)(C)C(=O)O)n(Cc4cccc(Br)c4)c3c2)nc1. The lowest BCUT2D eigenvalue weighted by Crippen LogP contribution is -2.27. The van der Waals surface area contributed by atoms with E-state index in [-0.39, 0.29) is 0 Å². The lowest BCUT2D eigenvalue weighted by atomic mass is 9.89. The molecule has 2 aromatic heterocycles. The van der Waals surface area contributed by atoms with Crippen molar-refractivity contribution in [3.05, 3.63) is 87.9 Å². The van der Waals surface area contributed by atoms with Crippen LogP contribution in [-0.4, -0.2) is 25.6 Å². The fourth-order valence-corrected chi connectivity index (χ4v) is 4.03. The topological polar surface area (TPSA) is 77.2 Å². The van der Waals surface area contributed by atoms with Crippen molar-refractivity contribution in [3.8, 4) is 5.75 Å². The number of imidazole rings is 1. The predicted octanol–water partition coefficient (Wildman–Crippen LogP) is 5.78. The highest BCUT2D eigenvalue weighted by Gasteiger charge is 2.30. The molecule has 0 saturated heterocycles. The molecule has 33 heavy (non-hydrogen) atoms. The second-order valence-electron chi connectivity index (χ2n) is 8.88. The number of ether oxygens (including phenoxy) is 1. The summed E-state index contributed by atoms with van der Waals surface area (Å²) >= 11 is 3.53. The van der Waals surface area contributed by atoms with Gasteiger partial charge in [-0.05, 0) is 62.2 Å². The smallest absolute Gasteiger partial charge is 0.309 e. The number of pyridine rings is 1. The van der Waals surface area contributed by atoms with Crippen LogP contribution in [0.1, 0.15) is 36.5 Å². The van der Waals surface area contributed by atoms with Crippen molar-refractivity contribution in [2.75, 3.05) is 0 Å². The second kappa shape index (κ2) is 9.35. The molecule has 0 aliphatic rings. The van der Waals surface area contributed by atoms with Crippen LogP contribution in [0.3, 0.4) is 0 Å². The van der Waals surface area contributed by atoms with E-state index in [1.54, 1.807) is 13.8 Å². The van der Waals surface area contributed by atoms with Gasteiger partial charge in [0.15, 0.2) is 0 Å².